The van der Waals surface area contributed by atoms with E-state index in [-0.39, 0.29) is 11.9 Å². The molecule has 0 amide bonds. The standard InChI is InChI=1S/C12H18F2N2/c1-9(15)8-16(2)6-5-10-7-11(13)3-4-12(10)14/h3-4,7,9H,5-6,8,15H2,1-2H3. The molecule has 0 aliphatic heterocycles. The van der Waals surface area contributed by atoms with Crippen molar-refractivity contribution in [2.45, 2.75) is 19.4 Å². The highest BCUT2D eigenvalue weighted by Crippen LogP contribution is 2.10. The number of likely N-dealkylation sites (N-methyl/N-ethyl adjacent to an activating group) is 1. The largest absolute Gasteiger partial charge is 0.327 e. The Bertz CT molecular complexity index is 340. The van der Waals surface area contributed by atoms with Gasteiger partial charge in [-0.15, -0.1) is 0 Å². The van der Waals surface area contributed by atoms with Crippen LogP contribution in [0.2, 0.25) is 0 Å². The van der Waals surface area contributed by atoms with Crippen LogP contribution in [0.5, 0.6) is 0 Å². The minimum atomic E-state index is -0.397. The molecule has 2 N–H and O–H groups in total. The first-order valence-corrected chi connectivity index (χ1v) is 5.37. The summed E-state index contributed by atoms with van der Waals surface area (Å²) in [6, 6.07) is 3.62. The average molecular weight is 228 g/mol. The maximum absolute atomic E-state index is 13.3. The molecule has 0 spiro atoms. The van der Waals surface area contributed by atoms with Gasteiger partial charge in [-0.25, -0.2) is 8.78 Å². The van der Waals surface area contributed by atoms with Crippen molar-refractivity contribution in [3.8, 4) is 0 Å². The highest BCUT2D eigenvalue weighted by atomic mass is 19.1. The van der Waals surface area contributed by atoms with Crippen LogP contribution < -0.4 is 5.73 Å². The van der Waals surface area contributed by atoms with Crippen molar-refractivity contribution in [3.05, 3.63) is 35.4 Å². The van der Waals surface area contributed by atoms with Crippen molar-refractivity contribution in [2.75, 3.05) is 20.1 Å². The summed E-state index contributed by atoms with van der Waals surface area (Å²) in [5, 5.41) is 0. The summed E-state index contributed by atoms with van der Waals surface area (Å²) in [5.74, 6) is -0.748. The van der Waals surface area contributed by atoms with E-state index < -0.39 is 5.82 Å². The predicted octanol–water partition coefficient (Wildman–Crippen LogP) is 1.79. The summed E-state index contributed by atoms with van der Waals surface area (Å²) in [7, 11) is 1.92. The van der Waals surface area contributed by atoms with Crippen LogP contribution in [-0.4, -0.2) is 31.1 Å². The number of hydrogen-bond donors (Lipinski definition) is 1. The molecule has 1 unspecified atom stereocenters. The molecule has 0 bridgehead atoms. The van der Waals surface area contributed by atoms with Gasteiger partial charge in [0.1, 0.15) is 11.6 Å². The van der Waals surface area contributed by atoms with Gasteiger partial charge in [-0.1, -0.05) is 0 Å². The molecule has 1 rings (SSSR count). The summed E-state index contributed by atoms with van der Waals surface area (Å²) in [6.45, 7) is 3.33. The van der Waals surface area contributed by atoms with Crippen LogP contribution in [-0.2, 0) is 6.42 Å². The molecule has 4 heteroatoms. The Morgan fingerprint density at radius 1 is 1.38 bits per heavy atom. The van der Waals surface area contributed by atoms with Gasteiger partial charge in [-0.2, -0.15) is 0 Å². The Kier molecular flexibility index (Phi) is 4.83. The first-order valence-electron chi connectivity index (χ1n) is 5.37. The van der Waals surface area contributed by atoms with Crippen LogP contribution in [0.15, 0.2) is 18.2 Å². The summed E-state index contributed by atoms with van der Waals surface area (Å²) >= 11 is 0. The lowest BCUT2D eigenvalue weighted by atomic mass is 10.1. The van der Waals surface area contributed by atoms with Crippen molar-refractivity contribution >= 4 is 0 Å². The lowest BCUT2D eigenvalue weighted by Gasteiger charge is -2.18. The Morgan fingerprint density at radius 2 is 2.06 bits per heavy atom. The molecule has 0 fully saturated rings. The van der Waals surface area contributed by atoms with Crippen LogP contribution in [0.3, 0.4) is 0 Å². The van der Waals surface area contributed by atoms with Gasteiger partial charge >= 0.3 is 0 Å². The molecule has 0 aliphatic rings. The topological polar surface area (TPSA) is 29.3 Å². The van der Waals surface area contributed by atoms with Gasteiger partial charge in [0.25, 0.3) is 0 Å². The van der Waals surface area contributed by atoms with Gasteiger partial charge in [-0.3, -0.25) is 0 Å². The van der Waals surface area contributed by atoms with Crippen LogP contribution >= 0.6 is 0 Å². The van der Waals surface area contributed by atoms with Gasteiger partial charge in [-0.05, 0) is 44.2 Å². The van der Waals surface area contributed by atoms with Crippen LogP contribution in [0, 0.1) is 11.6 Å². The predicted molar refractivity (Wildman–Crippen MR) is 61.2 cm³/mol. The molecule has 0 radical (unpaired) electrons. The molecule has 0 saturated heterocycles. The Balaban J connectivity index is 2.51. The Hall–Kier alpha value is -1.00. The van der Waals surface area contributed by atoms with E-state index >= 15 is 0 Å². The van der Waals surface area contributed by atoms with E-state index in [1.807, 2.05) is 18.9 Å². The molecule has 1 atom stereocenters. The van der Waals surface area contributed by atoms with Crippen LogP contribution in [0.25, 0.3) is 0 Å². The molecule has 90 valence electrons. The van der Waals surface area contributed by atoms with Crippen molar-refractivity contribution in [3.63, 3.8) is 0 Å². The van der Waals surface area contributed by atoms with Gasteiger partial charge in [0.15, 0.2) is 0 Å². The Labute approximate surface area is 95.1 Å². The van der Waals surface area contributed by atoms with E-state index in [0.717, 1.165) is 18.7 Å². The summed E-state index contributed by atoms with van der Waals surface area (Å²) in [4.78, 5) is 2.01. The molecule has 0 heterocycles. The van der Waals surface area contributed by atoms with E-state index in [1.165, 1.54) is 6.07 Å². The second-order valence-electron chi connectivity index (χ2n) is 4.23. The maximum Gasteiger partial charge on any atom is 0.126 e. The third-order valence-corrected chi connectivity index (χ3v) is 2.37. The smallest absolute Gasteiger partial charge is 0.126 e. The Morgan fingerprint density at radius 3 is 2.69 bits per heavy atom. The number of nitrogens with two attached hydrogens (primary N) is 1. The minimum absolute atomic E-state index is 0.0855. The molecule has 16 heavy (non-hydrogen) atoms. The zero-order chi connectivity index (χ0) is 12.1. The highest BCUT2D eigenvalue weighted by Gasteiger charge is 2.06. The van der Waals surface area contributed by atoms with E-state index in [2.05, 4.69) is 0 Å². The van der Waals surface area contributed by atoms with Crippen molar-refractivity contribution in [2.24, 2.45) is 5.73 Å². The lowest BCUT2D eigenvalue weighted by molar-refractivity contribution is 0.319. The average Bonchev–Trinajstić information content (AvgIpc) is 2.18. The summed E-state index contributed by atoms with van der Waals surface area (Å²) in [6.07, 6.45) is 0.493. The molecule has 2 nitrogen and oxygen atoms in total. The zero-order valence-corrected chi connectivity index (χ0v) is 9.71. The SMILES string of the molecule is CC(N)CN(C)CCc1cc(F)ccc1F. The van der Waals surface area contributed by atoms with E-state index in [4.69, 9.17) is 5.73 Å². The van der Waals surface area contributed by atoms with Crippen molar-refractivity contribution in [1.82, 2.24) is 4.90 Å². The first-order chi connectivity index (χ1) is 7.49. The van der Waals surface area contributed by atoms with Gasteiger partial charge < -0.3 is 10.6 Å². The van der Waals surface area contributed by atoms with E-state index in [9.17, 15) is 8.78 Å². The fourth-order valence-corrected chi connectivity index (χ4v) is 1.63. The highest BCUT2D eigenvalue weighted by molar-refractivity contribution is 5.18. The number of halogens is 2. The zero-order valence-electron chi connectivity index (χ0n) is 9.71. The third kappa shape index (κ3) is 4.24. The van der Waals surface area contributed by atoms with Crippen molar-refractivity contribution in [1.29, 1.82) is 0 Å². The second kappa shape index (κ2) is 5.92. The molecule has 0 aromatic heterocycles. The maximum atomic E-state index is 13.3. The second-order valence-corrected chi connectivity index (χ2v) is 4.23. The number of benzene rings is 1. The van der Waals surface area contributed by atoms with Gasteiger partial charge in [0.2, 0.25) is 0 Å². The van der Waals surface area contributed by atoms with Crippen LogP contribution in [0.1, 0.15) is 12.5 Å². The number of nitrogens with zero attached hydrogens (tertiary/aromatic N) is 1. The normalized spacial score (nSPS) is 13.1. The van der Waals surface area contributed by atoms with Crippen LogP contribution in [0.4, 0.5) is 8.78 Å². The quantitative estimate of drug-likeness (QED) is 0.832. The molecule has 1 aromatic rings. The van der Waals surface area contributed by atoms with Gasteiger partial charge in [0.05, 0.1) is 0 Å². The van der Waals surface area contributed by atoms with E-state index in [1.54, 1.807) is 0 Å². The fourth-order valence-electron chi connectivity index (χ4n) is 1.63. The molecular formula is C12H18F2N2. The molecule has 0 saturated carbocycles. The lowest BCUT2D eigenvalue weighted by Crippen LogP contribution is -2.34. The third-order valence-electron chi connectivity index (χ3n) is 2.37. The molecular weight excluding hydrogens is 210 g/mol. The summed E-state index contributed by atoms with van der Waals surface area (Å²) < 4.78 is 26.2. The molecule has 0 aliphatic carbocycles. The summed E-state index contributed by atoms with van der Waals surface area (Å²) in [5.41, 5.74) is 6.05. The monoisotopic (exact) mass is 228 g/mol. The first kappa shape index (κ1) is 13.1. The van der Waals surface area contributed by atoms with Gasteiger partial charge in [0, 0.05) is 19.1 Å². The van der Waals surface area contributed by atoms with E-state index in [0.29, 0.717) is 18.5 Å². The number of rotatable bonds is 5. The minimum Gasteiger partial charge on any atom is -0.327 e. The fraction of sp³-hybridized carbons (Fsp3) is 0.500. The number of hydrogen-bond acceptors (Lipinski definition) is 2. The van der Waals surface area contributed by atoms with Crippen molar-refractivity contribution < 1.29 is 8.78 Å². The molecule has 1 aromatic carbocycles.